The first-order valence-corrected chi connectivity index (χ1v) is 6.24. The molecule has 0 unspecified atom stereocenters. The average Bonchev–Trinajstić information content (AvgIpc) is 2.23. The Hall–Kier alpha value is -1.26. The molecule has 0 spiro atoms. The molecular weight excluding hydrogens is 220 g/mol. The van der Waals surface area contributed by atoms with E-state index in [0.717, 1.165) is 19.3 Å². The molecular formula is C12H22N2O3. The third kappa shape index (κ3) is 3.35. The molecule has 0 heterocycles. The van der Waals surface area contributed by atoms with Gasteiger partial charge in [-0.1, -0.05) is 19.8 Å². The van der Waals surface area contributed by atoms with E-state index >= 15 is 0 Å². The summed E-state index contributed by atoms with van der Waals surface area (Å²) in [6.07, 6.45) is 4.28. The predicted molar refractivity (Wildman–Crippen MR) is 64.9 cm³/mol. The van der Waals surface area contributed by atoms with Crippen LogP contribution in [0, 0.1) is 5.41 Å². The van der Waals surface area contributed by atoms with E-state index in [0.29, 0.717) is 19.4 Å². The predicted octanol–water partition coefficient (Wildman–Crippen LogP) is 1.68. The van der Waals surface area contributed by atoms with Crippen LogP contribution in [0.4, 0.5) is 4.79 Å². The highest BCUT2D eigenvalue weighted by molar-refractivity contribution is 5.78. The highest BCUT2D eigenvalue weighted by Gasteiger charge is 2.44. The fraction of sp³-hybridized carbons (Fsp3) is 0.833. The molecule has 0 aromatic heterocycles. The number of carboxylic acids is 1. The lowest BCUT2D eigenvalue weighted by Gasteiger charge is -2.37. The van der Waals surface area contributed by atoms with Gasteiger partial charge in [0.1, 0.15) is 0 Å². The first-order chi connectivity index (χ1) is 8.02. The standard InChI is InChI=1S/C12H22N2O3/c1-3-4-8-14(2)11(17)13-9-12(10(15)16)6-5-7-12/h3-9H2,1-2H3,(H,13,17)(H,15,16). The molecule has 1 fully saturated rings. The molecule has 2 N–H and O–H groups in total. The molecule has 0 aromatic rings. The maximum atomic E-state index is 11.7. The van der Waals surface area contributed by atoms with Gasteiger partial charge >= 0.3 is 12.0 Å². The topological polar surface area (TPSA) is 69.6 Å². The smallest absolute Gasteiger partial charge is 0.317 e. The lowest BCUT2D eigenvalue weighted by atomic mass is 9.69. The largest absolute Gasteiger partial charge is 0.481 e. The minimum atomic E-state index is -0.791. The van der Waals surface area contributed by atoms with Crippen molar-refractivity contribution in [2.45, 2.75) is 39.0 Å². The number of urea groups is 1. The number of nitrogens with zero attached hydrogens (tertiary/aromatic N) is 1. The molecule has 5 heteroatoms. The van der Waals surface area contributed by atoms with Crippen LogP contribution in [0.15, 0.2) is 0 Å². The maximum absolute atomic E-state index is 11.7. The molecule has 0 aromatic carbocycles. The van der Waals surface area contributed by atoms with Crippen LogP contribution in [0.2, 0.25) is 0 Å². The summed E-state index contributed by atoms with van der Waals surface area (Å²) in [6.45, 7) is 3.03. The normalized spacial score (nSPS) is 17.1. The molecule has 1 rings (SSSR count). The summed E-state index contributed by atoms with van der Waals surface area (Å²) in [7, 11) is 1.74. The van der Waals surface area contributed by atoms with E-state index in [1.54, 1.807) is 11.9 Å². The minimum Gasteiger partial charge on any atom is -0.481 e. The van der Waals surface area contributed by atoms with Gasteiger partial charge in [-0.25, -0.2) is 4.79 Å². The van der Waals surface area contributed by atoms with E-state index in [9.17, 15) is 9.59 Å². The van der Waals surface area contributed by atoms with E-state index < -0.39 is 11.4 Å². The van der Waals surface area contributed by atoms with E-state index in [4.69, 9.17) is 5.11 Å². The van der Waals surface area contributed by atoms with Crippen LogP contribution in [-0.2, 0) is 4.79 Å². The first kappa shape index (κ1) is 13.8. The molecule has 5 nitrogen and oxygen atoms in total. The molecule has 98 valence electrons. The summed E-state index contributed by atoms with van der Waals surface area (Å²) in [5.41, 5.74) is -0.707. The lowest BCUT2D eigenvalue weighted by Crippen LogP contribution is -2.50. The Labute approximate surface area is 102 Å². The third-order valence-electron chi connectivity index (χ3n) is 3.54. The number of nitrogens with one attached hydrogen (secondary N) is 1. The number of amides is 2. The van der Waals surface area contributed by atoms with Crippen LogP contribution < -0.4 is 5.32 Å². The van der Waals surface area contributed by atoms with Crippen LogP contribution >= 0.6 is 0 Å². The summed E-state index contributed by atoms with van der Waals surface area (Å²) < 4.78 is 0. The van der Waals surface area contributed by atoms with Gasteiger partial charge in [-0.3, -0.25) is 4.79 Å². The Morgan fingerprint density at radius 1 is 1.41 bits per heavy atom. The fourth-order valence-corrected chi connectivity index (χ4v) is 1.95. The Morgan fingerprint density at radius 3 is 2.47 bits per heavy atom. The maximum Gasteiger partial charge on any atom is 0.317 e. The summed E-state index contributed by atoms with van der Waals surface area (Å²) in [5.74, 6) is -0.791. The van der Waals surface area contributed by atoms with E-state index in [2.05, 4.69) is 12.2 Å². The Kier molecular flexibility index (Phi) is 4.78. The van der Waals surface area contributed by atoms with Crippen molar-refractivity contribution in [3.8, 4) is 0 Å². The minimum absolute atomic E-state index is 0.175. The van der Waals surface area contributed by atoms with Crippen molar-refractivity contribution in [1.29, 1.82) is 0 Å². The molecule has 0 bridgehead atoms. The molecule has 0 radical (unpaired) electrons. The van der Waals surface area contributed by atoms with Gasteiger partial charge in [-0.15, -0.1) is 0 Å². The SMILES string of the molecule is CCCCN(C)C(=O)NCC1(C(=O)O)CCC1. The van der Waals surface area contributed by atoms with E-state index in [1.165, 1.54) is 0 Å². The van der Waals surface area contributed by atoms with Crippen molar-refractivity contribution in [2.75, 3.05) is 20.1 Å². The number of carbonyl (C=O) groups excluding carboxylic acids is 1. The molecule has 17 heavy (non-hydrogen) atoms. The van der Waals surface area contributed by atoms with Crippen LogP contribution in [0.5, 0.6) is 0 Å². The zero-order valence-corrected chi connectivity index (χ0v) is 10.7. The highest BCUT2D eigenvalue weighted by Crippen LogP contribution is 2.40. The number of hydrogen-bond acceptors (Lipinski definition) is 2. The zero-order chi connectivity index (χ0) is 12.9. The second kappa shape index (κ2) is 5.89. The third-order valence-corrected chi connectivity index (χ3v) is 3.54. The van der Waals surface area contributed by atoms with Gasteiger partial charge in [-0.05, 0) is 19.3 Å². The van der Waals surface area contributed by atoms with Crippen LogP contribution in [0.25, 0.3) is 0 Å². The first-order valence-electron chi connectivity index (χ1n) is 6.24. The van der Waals surface area contributed by atoms with Gasteiger partial charge in [0, 0.05) is 20.1 Å². The molecule has 0 atom stereocenters. The summed E-state index contributed by atoms with van der Waals surface area (Å²) in [5, 5.41) is 11.8. The van der Waals surface area contributed by atoms with Gasteiger partial charge in [0.2, 0.25) is 0 Å². The summed E-state index contributed by atoms with van der Waals surface area (Å²) >= 11 is 0. The van der Waals surface area contributed by atoms with Gasteiger partial charge in [-0.2, -0.15) is 0 Å². The van der Waals surface area contributed by atoms with Crippen molar-refractivity contribution < 1.29 is 14.7 Å². The Balaban J connectivity index is 2.34. The summed E-state index contributed by atoms with van der Waals surface area (Å²) in [6, 6.07) is -0.175. The van der Waals surface area contributed by atoms with Crippen LogP contribution in [-0.4, -0.2) is 42.1 Å². The van der Waals surface area contributed by atoms with E-state index in [1.807, 2.05) is 0 Å². The monoisotopic (exact) mass is 242 g/mol. The Morgan fingerprint density at radius 2 is 2.06 bits per heavy atom. The van der Waals surface area contributed by atoms with Crippen molar-refractivity contribution in [2.24, 2.45) is 5.41 Å². The quantitative estimate of drug-likeness (QED) is 0.744. The van der Waals surface area contributed by atoms with Crippen molar-refractivity contribution in [3.63, 3.8) is 0 Å². The molecule has 1 saturated carbocycles. The number of carboxylic acid groups (broad SMARTS) is 1. The number of hydrogen-bond donors (Lipinski definition) is 2. The Bertz CT molecular complexity index is 287. The highest BCUT2D eigenvalue weighted by atomic mass is 16.4. The molecule has 0 saturated heterocycles. The second-order valence-electron chi connectivity index (χ2n) is 4.87. The fourth-order valence-electron chi connectivity index (χ4n) is 1.95. The number of aliphatic carboxylic acids is 1. The zero-order valence-electron chi connectivity index (χ0n) is 10.7. The van der Waals surface area contributed by atoms with Crippen molar-refractivity contribution >= 4 is 12.0 Å². The van der Waals surface area contributed by atoms with Crippen molar-refractivity contribution in [3.05, 3.63) is 0 Å². The van der Waals surface area contributed by atoms with Crippen LogP contribution in [0.1, 0.15) is 39.0 Å². The van der Waals surface area contributed by atoms with Gasteiger partial charge < -0.3 is 15.3 Å². The number of carbonyl (C=O) groups is 2. The second-order valence-corrected chi connectivity index (χ2v) is 4.87. The van der Waals surface area contributed by atoms with Gasteiger partial charge in [0.05, 0.1) is 5.41 Å². The average molecular weight is 242 g/mol. The molecule has 2 amide bonds. The lowest BCUT2D eigenvalue weighted by molar-refractivity contribution is -0.153. The van der Waals surface area contributed by atoms with E-state index in [-0.39, 0.29) is 12.6 Å². The van der Waals surface area contributed by atoms with Crippen molar-refractivity contribution in [1.82, 2.24) is 10.2 Å². The van der Waals surface area contributed by atoms with Crippen LogP contribution in [0.3, 0.4) is 0 Å². The van der Waals surface area contributed by atoms with Gasteiger partial charge in [0.15, 0.2) is 0 Å². The van der Waals surface area contributed by atoms with Gasteiger partial charge in [0.25, 0.3) is 0 Å². The molecule has 1 aliphatic rings. The number of rotatable bonds is 6. The molecule has 0 aliphatic heterocycles. The number of unbranched alkanes of at least 4 members (excludes halogenated alkanes) is 1. The summed E-state index contributed by atoms with van der Waals surface area (Å²) in [4.78, 5) is 24.4. The molecule has 1 aliphatic carbocycles.